The Labute approximate surface area is 217 Å². The third kappa shape index (κ3) is 9.23. The number of aliphatic hydroxyl groups excluding tert-OH is 2. The number of carbonyl (C=O) groups excluding carboxylic acids is 2. The molecular weight excluding hydrogens is 472 g/mol. The van der Waals surface area contributed by atoms with E-state index in [2.05, 4.69) is 16.0 Å². The van der Waals surface area contributed by atoms with Crippen LogP contribution in [0.5, 0.6) is 5.75 Å². The van der Waals surface area contributed by atoms with Crippen molar-refractivity contribution in [3.63, 3.8) is 0 Å². The van der Waals surface area contributed by atoms with Crippen LogP contribution in [0.2, 0.25) is 0 Å². The maximum absolute atomic E-state index is 12.4. The summed E-state index contributed by atoms with van der Waals surface area (Å²) in [6, 6.07) is 22.6. The Hall–Kier alpha value is -3.92. The normalized spacial score (nSPS) is 12.3. The van der Waals surface area contributed by atoms with E-state index in [1.807, 2.05) is 42.5 Å². The minimum absolute atomic E-state index is 0.0932. The lowest BCUT2D eigenvalue weighted by Crippen LogP contribution is -2.41. The summed E-state index contributed by atoms with van der Waals surface area (Å²) in [7, 11) is 3.34. The Morgan fingerprint density at radius 2 is 1.62 bits per heavy atom. The van der Waals surface area contributed by atoms with Gasteiger partial charge >= 0.3 is 6.03 Å². The van der Waals surface area contributed by atoms with E-state index in [1.54, 1.807) is 50.5 Å². The number of aliphatic hydroxyl groups is 2. The van der Waals surface area contributed by atoms with Crippen molar-refractivity contribution in [3.05, 3.63) is 90.0 Å². The molecule has 3 aromatic carbocycles. The Morgan fingerprint density at radius 3 is 2.30 bits per heavy atom. The van der Waals surface area contributed by atoms with Gasteiger partial charge in [0.15, 0.2) is 0 Å². The second-order valence-corrected chi connectivity index (χ2v) is 8.83. The molecule has 0 spiro atoms. The predicted molar refractivity (Wildman–Crippen MR) is 144 cm³/mol. The summed E-state index contributed by atoms with van der Waals surface area (Å²) in [5, 5.41) is 28.6. The lowest BCUT2D eigenvalue weighted by molar-refractivity contribution is 0.0827. The van der Waals surface area contributed by atoms with Gasteiger partial charge in [-0.3, -0.25) is 4.79 Å². The predicted octanol–water partition coefficient (Wildman–Crippen LogP) is 2.97. The Balaban J connectivity index is 1.44. The van der Waals surface area contributed by atoms with Gasteiger partial charge in [-0.15, -0.1) is 0 Å². The quantitative estimate of drug-likeness (QED) is 0.257. The molecule has 0 unspecified atom stereocenters. The van der Waals surface area contributed by atoms with E-state index >= 15 is 0 Å². The third-order valence-corrected chi connectivity index (χ3v) is 5.52. The number of hydrogen-bond donors (Lipinski definition) is 5. The van der Waals surface area contributed by atoms with E-state index in [0.29, 0.717) is 29.1 Å². The highest BCUT2D eigenvalue weighted by Crippen LogP contribution is 2.15. The molecule has 0 fully saturated rings. The highest BCUT2D eigenvalue weighted by molar-refractivity contribution is 6.01. The van der Waals surface area contributed by atoms with E-state index in [-0.39, 0.29) is 31.7 Å². The van der Waals surface area contributed by atoms with E-state index < -0.39 is 12.1 Å². The molecule has 0 bridgehead atoms. The number of nitrogens with zero attached hydrogens (tertiary/aromatic N) is 1. The monoisotopic (exact) mass is 506 g/mol. The zero-order valence-electron chi connectivity index (χ0n) is 21.1. The summed E-state index contributed by atoms with van der Waals surface area (Å²) < 4.78 is 5.55. The van der Waals surface area contributed by atoms with Crippen LogP contribution < -0.4 is 20.7 Å². The molecule has 3 aromatic rings. The topological polar surface area (TPSA) is 123 Å². The summed E-state index contributed by atoms with van der Waals surface area (Å²) in [6.07, 6.45) is -0.178. The van der Waals surface area contributed by atoms with E-state index in [4.69, 9.17) is 4.74 Å². The highest BCUT2D eigenvalue weighted by atomic mass is 16.5. The van der Waals surface area contributed by atoms with Gasteiger partial charge in [0, 0.05) is 43.6 Å². The first kappa shape index (κ1) is 27.7. The lowest BCUT2D eigenvalue weighted by atomic mass is 10.1. The van der Waals surface area contributed by atoms with Gasteiger partial charge < -0.3 is 35.8 Å². The molecule has 0 saturated carbocycles. The molecule has 0 aliphatic heterocycles. The average Bonchev–Trinajstić information content (AvgIpc) is 2.91. The van der Waals surface area contributed by atoms with Gasteiger partial charge in [-0.25, -0.2) is 4.79 Å². The van der Waals surface area contributed by atoms with Gasteiger partial charge in [0.1, 0.15) is 18.5 Å². The number of anilines is 2. The van der Waals surface area contributed by atoms with Crippen LogP contribution in [0.3, 0.4) is 0 Å². The molecule has 5 N–H and O–H groups in total. The van der Waals surface area contributed by atoms with Crippen molar-refractivity contribution in [2.75, 3.05) is 44.5 Å². The molecule has 2 atom stereocenters. The van der Waals surface area contributed by atoms with E-state index in [0.717, 1.165) is 5.56 Å². The smallest absolute Gasteiger partial charge is 0.323 e. The first-order valence-electron chi connectivity index (χ1n) is 12.0. The van der Waals surface area contributed by atoms with Crippen molar-refractivity contribution in [2.45, 2.75) is 18.6 Å². The van der Waals surface area contributed by atoms with E-state index in [9.17, 15) is 19.8 Å². The lowest BCUT2D eigenvalue weighted by Gasteiger charge is -2.19. The van der Waals surface area contributed by atoms with Crippen LogP contribution in [0, 0.1) is 0 Å². The number of para-hydroxylation sites is 1. The number of benzene rings is 3. The Kier molecular flexibility index (Phi) is 10.5. The van der Waals surface area contributed by atoms with Gasteiger partial charge in [0.2, 0.25) is 0 Å². The number of rotatable bonds is 12. The second-order valence-electron chi connectivity index (χ2n) is 8.83. The van der Waals surface area contributed by atoms with Crippen molar-refractivity contribution in [1.29, 1.82) is 0 Å². The number of urea groups is 1. The number of ether oxygens (including phenoxy) is 1. The van der Waals surface area contributed by atoms with Crippen LogP contribution in [0.25, 0.3) is 0 Å². The molecule has 0 heterocycles. The van der Waals surface area contributed by atoms with Gasteiger partial charge in [-0.1, -0.05) is 36.4 Å². The van der Waals surface area contributed by atoms with Crippen molar-refractivity contribution in [3.8, 4) is 5.75 Å². The molecule has 3 amide bonds. The van der Waals surface area contributed by atoms with Crippen LogP contribution in [-0.4, -0.2) is 73.1 Å². The summed E-state index contributed by atoms with van der Waals surface area (Å²) in [5.74, 6) is 0.543. The standard InChI is InChI=1S/C28H34N4O5/c1-32(2)27(35)21-7-6-8-23(16-21)31-28(36)30-22-13-11-20(12-14-22)15-24(18-33)29-17-25(34)19-37-26-9-4-3-5-10-26/h3-14,16,24-25,29,33-34H,15,17-19H2,1-2H3,(H2,30,31,36)/t24-,25-/m0/s1. The number of nitrogens with one attached hydrogen (secondary N) is 3. The van der Waals surface area contributed by atoms with Crippen LogP contribution >= 0.6 is 0 Å². The summed E-state index contributed by atoms with van der Waals surface area (Å²) in [5.41, 5.74) is 2.55. The van der Waals surface area contributed by atoms with Crippen molar-refractivity contribution in [1.82, 2.24) is 10.2 Å². The fourth-order valence-electron chi connectivity index (χ4n) is 3.56. The maximum Gasteiger partial charge on any atom is 0.323 e. The zero-order chi connectivity index (χ0) is 26.6. The molecule has 9 nitrogen and oxygen atoms in total. The largest absolute Gasteiger partial charge is 0.491 e. The number of amides is 3. The van der Waals surface area contributed by atoms with Gasteiger partial charge in [0.25, 0.3) is 5.91 Å². The summed E-state index contributed by atoms with van der Waals surface area (Å²) >= 11 is 0. The van der Waals surface area contributed by atoms with Crippen LogP contribution in [-0.2, 0) is 6.42 Å². The molecule has 3 rings (SSSR count). The minimum atomic E-state index is -0.721. The van der Waals surface area contributed by atoms with Gasteiger partial charge in [-0.2, -0.15) is 0 Å². The van der Waals surface area contributed by atoms with Gasteiger partial charge in [0.05, 0.1) is 6.61 Å². The Morgan fingerprint density at radius 1 is 0.919 bits per heavy atom. The third-order valence-electron chi connectivity index (χ3n) is 5.52. The zero-order valence-corrected chi connectivity index (χ0v) is 21.1. The minimum Gasteiger partial charge on any atom is -0.491 e. The SMILES string of the molecule is CN(C)C(=O)c1cccc(NC(=O)Nc2ccc(C[C@@H](CO)NC[C@H](O)COc3ccccc3)cc2)c1. The first-order chi connectivity index (χ1) is 17.8. The van der Waals surface area contributed by atoms with Crippen molar-refractivity contribution >= 4 is 23.3 Å². The molecule has 0 aromatic heterocycles. The molecule has 37 heavy (non-hydrogen) atoms. The van der Waals surface area contributed by atoms with Crippen LogP contribution in [0.4, 0.5) is 16.2 Å². The number of carbonyl (C=O) groups is 2. The highest BCUT2D eigenvalue weighted by Gasteiger charge is 2.13. The summed E-state index contributed by atoms with van der Waals surface area (Å²) in [4.78, 5) is 26.0. The molecule has 196 valence electrons. The van der Waals surface area contributed by atoms with Crippen molar-refractivity contribution in [2.24, 2.45) is 0 Å². The molecule has 0 aliphatic carbocycles. The molecular formula is C28H34N4O5. The molecule has 9 heteroatoms. The fourth-order valence-corrected chi connectivity index (χ4v) is 3.56. The summed E-state index contributed by atoms with van der Waals surface area (Å²) in [6.45, 7) is 0.330. The molecule has 0 radical (unpaired) electrons. The van der Waals surface area contributed by atoms with Crippen LogP contribution in [0.15, 0.2) is 78.9 Å². The van der Waals surface area contributed by atoms with E-state index in [1.165, 1.54) is 4.90 Å². The second kappa shape index (κ2) is 14.0. The Bertz CT molecular complexity index is 1140. The average molecular weight is 507 g/mol. The fraction of sp³-hybridized carbons (Fsp3) is 0.286. The van der Waals surface area contributed by atoms with Crippen LogP contribution in [0.1, 0.15) is 15.9 Å². The number of hydrogen-bond acceptors (Lipinski definition) is 6. The maximum atomic E-state index is 12.4. The molecule has 0 aliphatic rings. The van der Waals surface area contributed by atoms with Gasteiger partial charge in [-0.05, 0) is 54.4 Å². The first-order valence-corrected chi connectivity index (χ1v) is 12.0. The molecule has 0 saturated heterocycles. The van der Waals surface area contributed by atoms with Crippen molar-refractivity contribution < 1.29 is 24.5 Å².